The summed E-state index contributed by atoms with van der Waals surface area (Å²) < 4.78 is 44.5. The molecule has 0 heterocycles. The number of halogens is 2. The predicted octanol–water partition coefficient (Wildman–Crippen LogP) is 8.90. The number of benzene rings is 4. The van der Waals surface area contributed by atoms with Gasteiger partial charge in [0.2, 0.25) is 0 Å². The summed E-state index contributed by atoms with van der Waals surface area (Å²) in [6.45, 7) is 7.41. The molecule has 278 valence electrons. The molecule has 0 saturated heterocycles. The van der Waals surface area contributed by atoms with Gasteiger partial charge in [0.15, 0.2) is 11.5 Å². The van der Waals surface area contributed by atoms with Crippen LogP contribution in [-0.2, 0) is 42.6 Å². The van der Waals surface area contributed by atoms with Crippen LogP contribution in [0, 0.1) is 0 Å². The third-order valence-electron chi connectivity index (χ3n) is 9.36. The van der Waals surface area contributed by atoms with Gasteiger partial charge in [-0.2, -0.15) is 8.42 Å². The Bertz CT molecular complexity index is 1680. The Labute approximate surface area is 317 Å². The molecule has 0 spiro atoms. The third kappa shape index (κ3) is 13.4. The van der Waals surface area contributed by atoms with Crippen molar-refractivity contribution in [2.75, 3.05) is 26.2 Å². The van der Waals surface area contributed by atoms with E-state index >= 15 is 0 Å². The molecule has 0 radical (unpaired) electrons. The van der Waals surface area contributed by atoms with Crippen LogP contribution >= 0.6 is 24.8 Å². The zero-order chi connectivity index (χ0) is 34.3. The van der Waals surface area contributed by atoms with Crippen LogP contribution in [0.15, 0.2) is 102 Å². The highest BCUT2D eigenvalue weighted by atomic mass is 35.5. The van der Waals surface area contributed by atoms with Crippen LogP contribution in [0.4, 0.5) is 0 Å². The van der Waals surface area contributed by atoms with Crippen LogP contribution in [0.3, 0.4) is 0 Å². The Morgan fingerprint density at radius 3 is 2.04 bits per heavy atom. The zero-order valence-electron chi connectivity index (χ0n) is 29.7. The van der Waals surface area contributed by atoms with Crippen LogP contribution < -0.4 is 14.8 Å². The standard InChI is InChI=1S/C41H52N2O5S.2ClH/c1-2-28-43(29-12-4-3-11-26-42-27-25-33-17-21-38(22-18-33)49(44,45)46)37-20-23-39-36(30-37)19-24-40(47-31-34-13-7-5-8-14-34)41(39)48-32-35-15-9-6-10-16-35;;/h5-10,13-19,21-22,24,37,42H,2-4,11-12,20,23,25-32H2,1H3,(H,44,45,46);2*1H. The van der Waals surface area contributed by atoms with Crippen molar-refractivity contribution in [2.24, 2.45) is 0 Å². The lowest BCUT2D eigenvalue weighted by atomic mass is 9.86. The van der Waals surface area contributed by atoms with E-state index in [0.717, 1.165) is 92.9 Å². The van der Waals surface area contributed by atoms with Crippen molar-refractivity contribution >= 4 is 34.9 Å². The molecule has 4 aromatic carbocycles. The first kappa shape index (κ1) is 42.3. The van der Waals surface area contributed by atoms with Gasteiger partial charge >= 0.3 is 0 Å². The highest BCUT2D eigenvalue weighted by Gasteiger charge is 2.27. The van der Waals surface area contributed by atoms with Crippen molar-refractivity contribution in [1.82, 2.24) is 10.2 Å². The van der Waals surface area contributed by atoms with Crippen molar-refractivity contribution < 1.29 is 22.4 Å². The van der Waals surface area contributed by atoms with Gasteiger partial charge in [0.1, 0.15) is 13.2 Å². The average Bonchev–Trinajstić information content (AvgIpc) is 3.12. The minimum Gasteiger partial charge on any atom is -0.485 e. The molecule has 0 bridgehead atoms. The molecule has 0 amide bonds. The van der Waals surface area contributed by atoms with Gasteiger partial charge in [0.05, 0.1) is 4.90 Å². The van der Waals surface area contributed by atoms with E-state index in [1.807, 2.05) is 24.3 Å². The molecule has 4 aromatic rings. The molecule has 0 fully saturated rings. The quantitative estimate of drug-likeness (QED) is 0.0688. The van der Waals surface area contributed by atoms with Gasteiger partial charge in [-0.3, -0.25) is 4.55 Å². The van der Waals surface area contributed by atoms with E-state index in [0.29, 0.717) is 19.3 Å². The molecule has 5 rings (SSSR count). The van der Waals surface area contributed by atoms with E-state index in [9.17, 15) is 8.42 Å². The summed E-state index contributed by atoms with van der Waals surface area (Å²) in [6, 6.07) is 32.0. The number of rotatable bonds is 20. The minimum atomic E-state index is -4.14. The van der Waals surface area contributed by atoms with Gasteiger partial charge < -0.3 is 19.7 Å². The second-order valence-corrected chi connectivity index (χ2v) is 14.5. The topological polar surface area (TPSA) is 88.1 Å². The molecular weight excluding hydrogens is 703 g/mol. The van der Waals surface area contributed by atoms with Crippen molar-refractivity contribution in [3.63, 3.8) is 0 Å². The fourth-order valence-corrected chi connectivity index (χ4v) is 7.18. The monoisotopic (exact) mass is 756 g/mol. The van der Waals surface area contributed by atoms with E-state index in [-0.39, 0.29) is 29.7 Å². The van der Waals surface area contributed by atoms with Crippen LogP contribution in [0.1, 0.15) is 73.3 Å². The first-order chi connectivity index (χ1) is 23.9. The molecule has 0 aliphatic heterocycles. The van der Waals surface area contributed by atoms with Crippen LogP contribution in [0.25, 0.3) is 0 Å². The zero-order valence-corrected chi connectivity index (χ0v) is 32.1. The Morgan fingerprint density at radius 1 is 0.745 bits per heavy atom. The van der Waals surface area contributed by atoms with Gasteiger partial charge in [0, 0.05) is 11.6 Å². The number of hydrogen-bond acceptors (Lipinski definition) is 6. The highest BCUT2D eigenvalue weighted by molar-refractivity contribution is 7.85. The second kappa shape index (κ2) is 22.1. The summed E-state index contributed by atoms with van der Waals surface area (Å²) >= 11 is 0. The normalized spacial score (nSPS) is 13.9. The lowest BCUT2D eigenvalue weighted by Crippen LogP contribution is -2.40. The van der Waals surface area contributed by atoms with Gasteiger partial charge in [-0.1, -0.05) is 98.6 Å². The summed E-state index contributed by atoms with van der Waals surface area (Å²) in [4.78, 5) is 2.66. The lowest BCUT2D eigenvalue weighted by molar-refractivity contribution is 0.174. The molecule has 2 N–H and O–H groups in total. The number of ether oxygens (including phenoxy) is 2. The summed E-state index contributed by atoms with van der Waals surface area (Å²) in [7, 11) is -4.14. The van der Waals surface area contributed by atoms with Crippen molar-refractivity contribution in [3.8, 4) is 11.5 Å². The summed E-state index contributed by atoms with van der Waals surface area (Å²) in [5.41, 5.74) is 6.03. The maximum absolute atomic E-state index is 11.2. The molecule has 1 aliphatic rings. The van der Waals surface area contributed by atoms with Gasteiger partial charge in [-0.05, 0) is 112 Å². The van der Waals surface area contributed by atoms with Gasteiger partial charge in [-0.25, -0.2) is 0 Å². The molecule has 1 unspecified atom stereocenters. The molecular formula is C41H54Cl2N2O5S. The smallest absolute Gasteiger partial charge is 0.294 e. The summed E-state index contributed by atoms with van der Waals surface area (Å²) in [5, 5.41) is 3.51. The third-order valence-corrected chi connectivity index (χ3v) is 10.2. The number of fused-ring (bicyclic) bond motifs is 1. The largest absolute Gasteiger partial charge is 0.485 e. The Hall–Kier alpha value is -3.11. The van der Waals surface area contributed by atoms with Crippen LogP contribution in [0.2, 0.25) is 0 Å². The van der Waals surface area contributed by atoms with E-state index in [1.54, 1.807) is 12.1 Å². The minimum absolute atomic E-state index is 0. The number of nitrogens with one attached hydrogen (secondary N) is 1. The highest BCUT2D eigenvalue weighted by Crippen LogP contribution is 2.39. The average molecular weight is 758 g/mol. The van der Waals surface area contributed by atoms with Gasteiger partial charge in [0.25, 0.3) is 10.1 Å². The molecule has 0 saturated carbocycles. The van der Waals surface area contributed by atoms with Crippen LogP contribution in [-0.4, -0.2) is 50.1 Å². The number of unbranched alkanes of at least 4 members (excludes halogenated alkanes) is 3. The summed E-state index contributed by atoms with van der Waals surface area (Å²) in [5.74, 6) is 1.73. The van der Waals surface area contributed by atoms with Crippen molar-refractivity contribution in [2.45, 2.75) is 88.9 Å². The van der Waals surface area contributed by atoms with E-state index in [1.165, 1.54) is 42.5 Å². The molecule has 10 heteroatoms. The molecule has 1 aliphatic carbocycles. The van der Waals surface area contributed by atoms with Gasteiger partial charge in [-0.15, -0.1) is 24.8 Å². The van der Waals surface area contributed by atoms with Crippen LogP contribution in [0.5, 0.6) is 11.5 Å². The Kier molecular flexibility index (Phi) is 18.3. The van der Waals surface area contributed by atoms with E-state index in [4.69, 9.17) is 14.0 Å². The SMILES string of the molecule is CCCN(CCCCCCNCCc1ccc(S(=O)(=O)O)cc1)C1CCc2c(ccc(OCc3ccccc3)c2OCc2ccccc2)C1.Cl.Cl. The maximum Gasteiger partial charge on any atom is 0.294 e. The number of nitrogens with zero attached hydrogens (tertiary/aromatic N) is 1. The van der Waals surface area contributed by atoms with E-state index in [2.05, 4.69) is 65.7 Å². The van der Waals surface area contributed by atoms with Crippen molar-refractivity contribution in [1.29, 1.82) is 0 Å². The second-order valence-electron chi connectivity index (χ2n) is 13.0. The fourth-order valence-electron chi connectivity index (χ4n) is 6.70. The maximum atomic E-state index is 11.2. The molecule has 7 nitrogen and oxygen atoms in total. The Balaban J connectivity index is 0.00000351. The molecule has 51 heavy (non-hydrogen) atoms. The summed E-state index contributed by atoms with van der Waals surface area (Å²) in [6.07, 6.45) is 9.92. The number of hydrogen-bond donors (Lipinski definition) is 2. The molecule has 1 atom stereocenters. The van der Waals surface area contributed by atoms with E-state index < -0.39 is 10.1 Å². The lowest BCUT2D eigenvalue weighted by Gasteiger charge is -2.36. The first-order valence-corrected chi connectivity index (χ1v) is 19.3. The molecule has 0 aromatic heterocycles. The Morgan fingerprint density at radius 2 is 1.39 bits per heavy atom. The van der Waals surface area contributed by atoms with Crippen molar-refractivity contribution in [3.05, 3.63) is 125 Å². The predicted molar refractivity (Wildman–Crippen MR) is 211 cm³/mol. The fraction of sp³-hybridized carbons (Fsp3) is 0.415. The first-order valence-electron chi connectivity index (χ1n) is 17.9.